The van der Waals surface area contributed by atoms with Crippen molar-refractivity contribution in [3.8, 4) is 0 Å². The number of hydrogen-bond acceptors (Lipinski definition) is 5. The fourth-order valence-corrected chi connectivity index (χ4v) is 2.21. The fraction of sp³-hybridized carbons (Fsp3) is 0.500. The molecule has 1 amide bonds. The molecule has 1 aromatic heterocycles. The van der Waals surface area contributed by atoms with Crippen LogP contribution in [0.2, 0.25) is 0 Å². The minimum Gasteiger partial charge on any atom is -0.463 e. The molecule has 102 valence electrons. The van der Waals surface area contributed by atoms with Crippen molar-refractivity contribution in [3.63, 3.8) is 0 Å². The standard InChI is InChI=1S/C12H16N4O3/c1-3-10(17)15-6-4-9(5-7-15)16-11(12(18)19-2)13-8-14-16/h3,8-9H,1,4-7H2,2H3. The van der Waals surface area contributed by atoms with Crippen LogP contribution in [0.15, 0.2) is 19.0 Å². The van der Waals surface area contributed by atoms with Crippen molar-refractivity contribution >= 4 is 11.9 Å². The molecule has 0 spiro atoms. The summed E-state index contributed by atoms with van der Waals surface area (Å²) in [6, 6.07) is 0.0606. The van der Waals surface area contributed by atoms with Crippen molar-refractivity contribution in [1.29, 1.82) is 0 Å². The van der Waals surface area contributed by atoms with Crippen LogP contribution in [-0.2, 0) is 9.53 Å². The number of nitrogens with zero attached hydrogens (tertiary/aromatic N) is 4. The average molecular weight is 264 g/mol. The van der Waals surface area contributed by atoms with Gasteiger partial charge in [0.05, 0.1) is 13.2 Å². The van der Waals surface area contributed by atoms with E-state index in [0.717, 1.165) is 12.8 Å². The molecule has 19 heavy (non-hydrogen) atoms. The summed E-state index contributed by atoms with van der Waals surface area (Å²) < 4.78 is 6.25. The van der Waals surface area contributed by atoms with E-state index < -0.39 is 5.97 Å². The lowest BCUT2D eigenvalue weighted by Crippen LogP contribution is -2.38. The highest BCUT2D eigenvalue weighted by Gasteiger charge is 2.26. The van der Waals surface area contributed by atoms with Gasteiger partial charge >= 0.3 is 5.97 Å². The molecule has 1 aromatic rings. The lowest BCUT2D eigenvalue weighted by Gasteiger charge is -2.31. The van der Waals surface area contributed by atoms with Gasteiger partial charge in [-0.2, -0.15) is 5.10 Å². The molecule has 2 heterocycles. The van der Waals surface area contributed by atoms with Gasteiger partial charge < -0.3 is 9.64 Å². The van der Waals surface area contributed by atoms with E-state index in [9.17, 15) is 9.59 Å². The van der Waals surface area contributed by atoms with Gasteiger partial charge in [0.25, 0.3) is 0 Å². The predicted octanol–water partition coefficient (Wildman–Crippen LogP) is 0.414. The van der Waals surface area contributed by atoms with Gasteiger partial charge in [-0.3, -0.25) is 4.79 Å². The maximum Gasteiger partial charge on any atom is 0.375 e. The van der Waals surface area contributed by atoms with Crippen molar-refractivity contribution < 1.29 is 14.3 Å². The zero-order valence-corrected chi connectivity index (χ0v) is 10.8. The monoisotopic (exact) mass is 264 g/mol. The van der Waals surface area contributed by atoms with E-state index in [1.165, 1.54) is 19.5 Å². The van der Waals surface area contributed by atoms with Crippen LogP contribution in [0.3, 0.4) is 0 Å². The molecule has 1 saturated heterocycles. The highest BCUT2D eigenvalue weighted by molar-refractivity contribution is 5.87. The van der Waals surface area contributed by atoms with Crippen molar-refractivity contribution in [2.24, 2.45) is 0 Å². The molecule has 2 rings (SSSR count). The Bertz CT molecular complexity index is 489. The number of hydrogen-bond donors (Lipinski definition) is 0. The minimum atomic E-state index is -0.498. The number of carbonyl (C=O) groups is 2. The third-order valence-corrected chi connectivity index (χ3v) is 3.24. The van der Waals surface area contributed by atoms with Crippen molar-refractivity contribution in [2.45, 2.75) is 18.9 Å². The van der Waals surface area contributed by atoms with Crippen LogP contribution in [0.5, 0.6) is 0 Å². The molecular weight excluding hydrogens is 248 g/mol. The molecule has 1 aliphatic rings. The zero-order valence-electron chi connectivity index (χ0n) is 10.8. The summed E-state index contributed by atoms with van der Waals surface area (Å²) in [5.41, 5.74) is 0. The number of rotatable bonds is 3. The number of amides is 1. The summed E-state index contributed by atoms with van der Waals surface area (Å²) in [6.07, 6.45) is 4.11. The summed E-state index contributed by atoms with van der Waals surface area (Å²) in [5.74, 6) is -0.358. The molecule has 0 radical (unpaired) electrons. The highest BCUT2D eigenvalue weighted by atomic mass is 16.5. The van der Waals surface area contributed by atoms with Gasteiger partial charge in [-0.1, -0.05) is 6.58 Å². The van der Waals surface area contributed by atoms with Crippen molar-refractivity contribution in [2.75, 3.05) is 20.2 Å². The zero-order chi connectivity index (χ0) is 13.8. The van der Waals surface area contributed by atoms with Crippen LogP contribution < -0.4 is 0 Å². The van der Waals surface area contributed by atoms with E-state index in [0.29, 0.717) is 13.1 Å². The molecule has 0 N–H and O–H groups in total. The Kier molecular flexibility index (Phi) is 3.94. The summed E-state index contributed by atoms with van der Waals surface area (Å²) in [4.78, 5) is 28.7. The first kappa shape index (κ1) is 13.3. The Balaban J connectivity index is 2.06. The van der Waals surface area contributed by atoms with E-state index in [-0.39, 0.29) is 17.8 Å². The third kappa shape index (κ3) is 2.64. The van der Waals surface area contributed by atoms with Crippen LogP contribution in [-0.4, -0.2) is 51.7 Å². The largest absolute Gasteiger partial charge is 0.463 e. The van der Waals surface area contributed by atoms with Gasteiger partial charge in [0, 0.05) is 13.1 Å². The number of likely N-dealkylation sites (tertiary alicyclic amines) is 1. The van der Waals surface area contributed by atoms with Crippen LogP contribution in [0.1, 0.15) is 29.5 Å². The molecule has 0 aromatic carbocycles. The normalized spacial score (nSPS) is 16.2. The molecule has 1 aliphatic heterocycles. The Morgan fingerprint density at radius 2 is 2.16 bits per heavy atom. The smallest absolute Gasteiger partial charge is 0.375 e. The molecule has 0 saturated carbocycles. The second-order valence-corrected chi connectivity index (χ2v) is 4.28. The Morgan fingerprint density at radius 1 is 1.47 bits per heavy atom. The summed E-state index contributed by atoms with van der Waals surface area (Å²) in [7, 11) is 1.31. The van der Waals surface area contributed by atoms with E-state index in [2.05, 4.69) is 21.4 Å². The van der Waals surface area contributed by atoms with E-state index >= 15 is 0 Å². The van der Waals surface area contributed by atoms with Crippen molar-refractivity contribution in [1.82, 2.24) is 19.7 Å². The average Bonchev–Trinajstić information content (AvgIpc) is 2.95. The van der Waals surface area contributed by atoms with Crippen LogP contribution in [0, 0.1) is 0 Å². The van der Waals surface area contributed by atoms with E-state index in [4.69, 9.17) is 0 Å². The van der Waals surface area contributed by atoms with Gasteiger partial charge in [-0.05, 0) is 18.9 Å². The molecule has 1 fully saturated rings. The second kappa shape index (κ2) is 5.64. The third-order valence-electron chi connectivity index (χ3n) is 3.24. The Hall–Kier alpha value is -2.18. The number of ether oxygens (including phenoxy) is 1. The maximum absolute atomic E-state index is 11.5. The summed E-state index contributed by atoms with van der Waals surface area (Å²) in [6.45, 7) is 4.72. The maximum atomic E-state index is 11.5. The lowest BCUT2D eigenvalue weighted by atomic mass is 10.1. The number of esters is 1. The molecule has 0 bridgehead atoms. The second-order valence-electron chi connectivity index (χ2n) is 4.28. The molecular formula is C12H16N4O3. The molecule has 0 atom stereocenters. The van der Waals surface area contributed by atoms with Gasteiger partial charge in [0.1, 0.15) is 6.33 Å². The molecule has 7 heteroatoms. The van der Waals surface area contributed by atoms with E-state index in [1.807, 2.05) is 0 Å². The van der Waals surface area contributed by atoms with Gasteiger partial charge in [0.2, 0.25) is 11.7 Å². The van der Waals surface area contributed by atoms with Crippen LogP contribution in [0.4, 0.5) is 0 Å². The summed E-state index contributed by atoms with van der Waals surface area (Å²) in [5, 5.41) is 4.08. The number of methoxy groups -OCH3 is 1. The Labute approximate surface area is 110 Å². The number of aromatic nitrogens is 3. The van der Waals surface area contributed by atoms with Gasteiger partial charge in [0.15, 0.2) is 0 Å². The molecule has 0 aliphatic carbocycles. The quantitative estimate of drug-likeness (QED) is 0.584. The lowest BCUT2D eigenvalue weighted by molar-refractivity contribution is -0.127. The SMILES string of the molecule is C=CC(=O)N1CCC(n2ncnc2C(=O)OC)CC1. The topological polar surface area (TPSA) is 77.3 Å². The molecule has 7 nitrogen and oxygen atoms in total. The molecule has 0 unspecified atom stereocenters. The minimum absolute atomic E-state index is 0.0606. The first-order valence-corrected chi connectivity index (χ1v) is 6.06. The first-order valence-electron chi connectivity index (χ1n) is 6.06. The Morgan fingerprint density at radius 3 is 2.74 bits per heavy atom. The predicted molar refractivity (Wildman–Crippen MR) is 66.4 cm³/mol. The van der Waals surface area contributed by atoms with Crippen molar-refractivity contribution in [3.05, 3.63) is 24.8 Å². The van der Waals surface area contributed by atoms with Crippen LogP contribution in [0.25, 0.3) is 0 Å². The van der Waals surface area contributed by atoms with Gasteiger partial charge in [-0.25, -0.2) is 14.5 Å². The highest BCUT2D eigenvalue weighted by Crippen LogP contribution is 2.22. The van der Waals surface area contributed by atoms with Gasteiger partial charge in [-0.15, -0.1) is 0 Å². The number of piperidine rings is 1. The van der Waals surface area contributed by atoms with E-state index in [1.54, 1.807) is 9.58 Å². The first-order chi connectivity index (χ1) is 9.17. The summed E-state index contributed by atoms with van der Waals surface area (Å²) >= 11 is 0. The fourth-order valence-electron chi connectivity index (χ4n) is 2.21. The number of carbonyl (C=O) groups excluding carboxylic acids is 2. The van der Waals surface area contributed by atoms with Crippen LogP contribution >= 0.6 is 0 Å².